The molecule has 1 fully saturated rings. The van der Waals surface area contributed by atoms with Crippen molar-refractivity contribution in [3.05, 3.63) is 88.1 Å². The number of halogens is 1. The summed E-state index contributed by atoms with van der Waals surface area (Å²) in [4.78, 5) is 20.3. The minimum absolute atomic E-state index is 0.778. The predicted octanol–water partition coefficient (Wildman–Crippen LogP) is 5.78. The number of hydrogen-bond donors (Lipinski definition) is 0. The summed E-state index contributed by atoms with van der Waals surface area (Å²) in [6.45, 7) is 6.51. The lowest BCUT2D eigenvalue weighted by Gasteiger charge is -2.22. The summed E-state index contributed by atoms with van der Waals surface area (Å²) < 4.78 is 1.14. The predicted molar refractivity (Wildman–Crippen MR) is 143 cm³/mol. The van der Waals surface area contributed by atoms with Crippen molar-refractivity contribution >= 4 is 27.3 Å². The number of rotatable bonds is 7. The van der Waals surface area contributed by atoms with E-state index in [1.54, 1.807) is 23.7 Å². The highest BCUT2D eigenvalue weighted by Crippen LogP contribution is 2.26. The zero-order valence-electron chi connectivity index (χ0n) is 19.1. The number of hydrogen-bond acceptors (Lipinski definition) is 6. The molecule has 1 saturated heterocycles. The molecule has 1 aliphatic heterocycles. The Morgan fingerprint density at radius 1 is 0.882 bits per heavy atom. The Balaban J connectivity index is 1.24. The molecule has 34 heavy (non-hydrogen) atoms. The van der Waals surface area contributed by atoms with Crippen molar-refractivity contribution in [1.29, 1.82) is 0 Å². The summed E-state index contributed by atoms with van der Waals surface area (Å²) in [5, 5.41) is 2.10. The zero-order chi connectivity index (χ0) is 23.2. The Morgan fingerprint density at radius 2 is 1.68 bits per heavy atom. The standard InChI is InChI=1S/C27H28BrN5S/c28-23-6-4-21(5-7-23)20-33-14-2-13-32(16-17-33)15-10-24-19-25(26-3-1-18-34-26)31-27(30-24)22-8-11-29-12-9-22/h1,3-9,11-12,18-19H,2,10,13-17,20H2. The first-order valence-corrected chi connectivity index (χ1v) is 13.4. The summed E-state index contributed by atoms with van der Waals surface area (Å²) in [5.41, 5.74) is 4.49. The molecular formula is C27H28BrN5S. The van der Waals surface area contributed by atoms with E-state index in [1.165, 1.54) is 16.9 Å². The third kappa shape index (κ3) is 6.16. The topological polar surface area (TPSA) is 45.2 Å². The molecule has 0 bridgehead atoms. The fourth-order valence-corrected chi connectivity index (χ4v) is 5.28. The Labute approximate surface area is 213 Å². The third-order valence-electron chi connectivity index (χ3n) is 6.18. The Morgan fingerprint density at radius 3 is 2.47 bits per heavy atom. The van der Waals surface area contributed by atoms with Crippen molar-refractivity contribution in [2.75, 3.05) is 32.7 Å². The second-order valence-electron chi connectivity index (χ2n) is 8.63. The maximum Gasteiger partial charge on any atom is 0.160 e. The number of nitrogens with zero attached hydrogens (tertiary/aromatic N) is 5. The lowest BCUT2D eigenvalue weighted by molar-refractivity contribution is 0.252. The Hall–Kier alpha value is -2.45. The van der Waals surface area contributed by atoms with Crippen LogP contribution in [0.15, 0.2) is 76.8 Å². The van der Waals surface area contributed by atoms with E-state index in [0.29, 0.717) is 0 Å². The van der Waals surface area contributed by atoms with Crippen molar-refractivity contribution in [3.63, 3.8) is 0 Å². The Bertz CT molecular complexity index is 1180. The smallest absolute Gasteiger partial charge is 0.160 e. The quantitative estimate of drug-likeness (QED) is 0.301. The van der Waals surface area contributed by atoms with E-state index in [-0.39, 0.29) is 0 Å². The van der Waals surface area contributed by atoms with Gasteiger partial charge in [-0.15, -0.1) is 11.3 Å². The normalized spacial score (nSPS) is 15.3. The molecule has 1 aliphatic rings. The largest absolute Gasteiger partial charge is 0.302 e. The number of thiophene rings is 1. The fraction of sp³-hybridized carbons (Fsp3) is 0.296. The summed E-state index contributed by atoms with van der Waals surface area (Å²) >= 11 is 5.25. The molecule has 0 radical (unpaired) electrons. The van der Waals surface area contributed by atoms with Gasteiger partial charge in [0.1, 0.15) is 0 Å². The van der Waals surface area contributed by atoms with Crippen LogP contribution in [0.5, 0.6) is 0 Å². The van der Waals surface area contributed by atoms with E-state index < -0.39 is 0 Å². The van der Waals surface area contributed by atoms with Gasteiger partial charge in [-0.1, -0.05) is 34.1 Å². The molecule has 5 nitrogen and oxygen atoms in total. The summed E-state index contributed by atoms with van der Waals surface area (Å²) in [6, 6.07) is 19.0. The lowest BCUT2D eigenvalue weighted by atomic mass is 10.2. The molecule has 4 heterocycles. The fourth-order valence-electron chi connectivity index (χ4n) is 4.33. The molecule has 0 spiro atoms. The van der Waals surface area contributed by atoms with Gasteiger partial charge in [0, 0.05) is 60.7 Å². The van der Waals surface area contributed by atoms with Crippen molar-refractivity contribution in [3.8, 4) is 22.0 Å². The number of aromatic nitrogens is 3. The first-order chi connectivity index (χ1) is 16.7. The number of pyridine rings is 1. The zero-order valence-corrected chi connectivity index (χ0v) is 21.5. The average molecular weight is 535 g/mol. The SMILES string of the molecule is Brc1ccc(CN2CCCN(CCc3cc(-c4cccs4)nc(-c4ccncc4)n3)CC2)cc1. The van der Waals surface area contributed by atoms with Crippen LogP contribution in [0.25, 0.3) is 22.0 Å². The van der Waals surface area contributed by atoms with Gasteiger partial charge in [0.15, 0.2) is 5.82 Å². The van der Waals surface area contributed by atoms with Gasteiger partial charge in [-0.25, -0.2) is 9.97 Å². The van der Waals surface area contributed by atoms with E-state index in [1.807, 2.05) is 12.1 Å². The molecule has 0 aliphatic carbocycles. The van der Waals surface area contributed by atoms with Gasteiger partial charge in [0.25, 0.3) is 0 Å². The first-order valence-electron chi connectivity index (χ1n) is 11.7. The lowest BCUT2D eigenvalue weighted by Crippen LogP contribution is -2.32. The molecule has 0 saturated carbocycles. The average Bonchev–Trinajstić information content (AvgIpc) is 3.33. The van der Waals surface area contributed by atoms with Gasteiger partial charge >= 0.3 is 0 Å². The van der Waals surface area contributed by atoms with E-state index in [0.717, 1.165) is 72.9 Å². The molecule has 7 heteroatoms. The van der Waals surface area contributed by atoms with Crippen LogP contribution in [0.1, 0.15) is 17.7 Å². The van der Waals surface area contributed by atoms with Crippen molar-refractivity contribution in [1.82, 2.24) is 24.8 Å². The second-order valence-corrected chi connectivity index (χ2v) is 10.5. The molecule has 0 unspecified atom stereocenters. The van der Waals surface area contributed by atoms with Gasteiger partial charge in [-0.3, -0.25) is 9.88 Å². The highest BCUT2D eigenvalue weighted by atomic mass is 79.9. The highest BCUT2D eigenvalue weighted by molar-refractivity contribution is 9.10. The third-order valence-corrected chi connectivity index (χ3v) is 7.60. The minimum Gasteiger partial charge on any atom is -0.302 e. The van der Waals surface area contributed by atoms with Crippen LogP contribution in [0, 0.1) is 0 Å². The monoisotopic (exact) mass is 533 g/mol. The maximum absolute atomic E-state index is 4.92. The van der Waals surface area contributed by atoms with Gasteiger partial charge in [0.05, 0.1) is 10.6 Å². The molecular weight excluding hydrogens is 506 g/mol. The summed E-state index contributed by atoms with van der Waals surface area (Å²) in [6.07, 6.45) is 5.72. The molecule has 4 aromatic rings. The molecule has 0 amide bonds. The summed E-state index contributed by atoms with van der Waals surface area (Å²) in [5.74, 6) is 0.778. The van der Waals surface area contributed by atoms with Crippen LogP contribution in [-0.4, -0.2) is 57.5 Å². The van der Waals surface area contributed by atoms with Crippen LogP contribution < -0.4 is 0 Å². The van der Waals surface area contributed by atoms with Gasteiger partial charge in [0.2, 0.25) is 0 Å². The molecule has 0 atom stereocenters. The van der Waals surface area contributed by atoms with Crippen molar-refractivity contribution < 1.29 is 0 Å². The van der Waals surface area contributed by atoms with E-state index >= 15 is 0 Å². The molecule has 1 aromatic carbocycles. The van der Waals surface area contributed by atoms with Crippen LogP contribution >= 0.6 is 27.3 Å². The summed E-state index contributed by atoms with van der Waals surface area (Å²) in [7, 11) is 0. The van der Waals surface area contributed by atoms with Crippen LogP contribution in [0.2, 0.25) is 0 Å². The van der Waals surface area contributed by atoms with Gasteiger partial charge < -0.3 is 4.90 Å². The molecule has 3 aromatic heterocycles. The van der Waals surface area contributed by atoms with Crippen LogP contribution in [0.4, 0.5) is 0 Å². The highest BCUT2D eigenvalue weighted by Gasteiger charge is 2.16. The Kier molecular flexibility index (Phi) is 7.76. The molecule has 0 N–H and O–H groups in total. The van der Waals surface area contributed by atoms with Gasteiger partial charge in [-0.05, 0) is 66.9 Å². The van der Waals surface area contributed by atoms with E-state index in [9.17, 15) is 0 Å². The van der Waals surface area contributed by atoms with Crippen LogP contribution in [0.3, 0.4) is 0 Å². The minimum atomic E-state index is 0.778. The number of benzene rings is 1. The van der Waals surface area contributed by atoms with Crippen LogP contribution in [-0.2, 0) is 13.0 Å². The molecule has 5 rings (SSSR count). The van der Waals surface area contributed by atoms with E-state index in [4.69, 9.17) is 9.97 Å². The maximum atomic E-state index is 4.92. The van der Waals surface area contributed by atoms with Crippen molar-refractivity contribution in [2.45, 2.75) is 19.4 Å². The van der Waals surface area contributed by atoms with Crippen molar-refractivity contribution in [2.24, 2.45) is 0 Å². The second kappa shape index (κ2) is 11.3. The van der Waals surface area contributed by atoms with Gasteiger partial charge in [-0.2, -0.15) is 0 Å². The molecule has 174 valence electrons. The van der Waals surface area contributed by atoms with E-state index in [2.05, 4.69) is 78.6 Å². The first kappa shape index (κ1) is 23.3.